The monoisotopic (exact) mass is 412 g/mol. The van der Waals surface area contributed by atoms with Crippen molar-refractivity contribution in [2.45, 2.75) is 12.5 Å². The summed E-state index contributed by atoms with van der Waals surface area (Å²) in [7, 11) is 4.67. The maximum atomic E-state index is 13.1. The Hall–Kier alpha value is -3.06. The van der Waals surface area contributed by atoms with E-state index in [2.05, 4.69) is 5.32 Å². The van der Waals surface area contributed by atoms with Crippen molar-refractivity contribution in [1.29, 1.82) is 0 Å². The zero-order valence-corrected chi connectivity index (χ0v) is 17.6. The summed E-state index contributed by atoms with van der Waals surface area (Å²) in [5.41, 5.74) is 1.90. The maximum Gasteiger partial charge on any atom is 0.248 e. The number of rotatable bonds is 8. The number of nitrogens with one attached hydrogen (secondary N) is 1. The molecular weight excluding hydrogens is 384 g/mol. The molecule has 0 aliphatic carbocycles. The van der Waals surface area contributed by atoms with Crippen LogP contribution < -0.4 is 14.8 Å². The van der Waals surface area contributed by atoms with Crippen LogP contribution in [0.3, 0.4) is 0 Å². The number of carbonyl (C=O) groups is 2. The Bertz CT molecular complexity index is 871. The topological polar surface area (TPSA) is 77.1 Å². The molecular formula is C23H28N2O5. The summed E-state index contributed by atoms with van der Waals surface area (Å²) >= 11 is 0. The van der Waals surface area contributed by atoms with Crippen LogP contribution in [0.5, 0.6) is 11.5 Å². The molecule has 1 aliphatic heterocycles. The van der Waals surface area contributed by atoms with Crippen molar-refractivity contribution in [2.75, 3.05) is 41.0 Å². The molecule has 3 rings (SSSR count). The van der Waals surface area contributed by atoms with E-state index in [1.165, 1.54) is 7.11 Å². The number of methoxy groups -OCH3 is 3. The Balaban J connectivity index is 1.83. The van der Waals surface area contributed by atoms with E-state index in [4.69, 9.17) is 14.2 Å². The molecule has 30 heavy (non-hydrogen) atoms. The summed E-state index contributed by atoms with van der Waals surface area (Å²) < 4.78 is 15.8. The van der Waals surface area contributed by atoms with E-state index in [9.17, 15) is 9.59 Å². The third-order valence-corrected chi connectivity index (χ3v) is 5.43. The van der Waals surface area contributed by atoms with Crippen LogP contribution in [-0.2, 0) is 20.9 Å². The molecule has 1 fully saturated rings. The quantitative estimate of drug-likeness (QED) is 0.719. The molecule has 0 radical (unpaired) electrons. The molecule has 2 aromatic carbocycles. The van der Waals surface area contributed by atoms with Gasteiger partial charge in [-0.15, -0.1) is 0 Å². The molecule has 1 heterocycles. The average molecular weight is 412 g/mol. The minimum Gasteiger partial charge on any atom is -0.497 e. The Morgan fingerprint density at radius 2 is 1.80 bits per heavy atom. The van der Waals surface area contributed by atoms with Crippen molar-refractivity contribution in [1.82, 2.24) is 10.2 Å². The maximum absolute atomic E-state index is 13.1. The second-order valence-electron chi connectivity index (χ2n) is 7.26. The molecule has 1 saturated heterocycles. The van der Waals surface area contributed by atoms with Crippen LogP contribution in [0.4, 0.5) is 0 Å². The van der Waals surface area contributed by atoms with Crippen molar-refractivity contribution in [3.8, 4) is 11.5 Å². The highest BCUT2D eigenvalue weighted by atomic mass is 16.5. The molecule has 2 atom stereocenters. The highest BCUT2D eigenvalue weighted by Crippen LogP contribution is 2.39. The lowest BCUT2D eigenvalue weighted by Gasteiger charge is -2.21. The largest absolute Gasteiger partial charge is 0.497 e. The summed E-state index contributed by atoms with van der Waals surface area (Å²) in [6, 6.07) is 15.3. The fourth-order valence-corrected chi connectivity index (χ4v) is 3.84. The summed E-state index contributed by atoms with van der Waals surface area (Å²) in [5, 5.41) is 3.02. The van der Waals surface area contributed by atoms with E-state index in [0.717, 1.165) is 11.1 Å². The Labute approximate surface area is 176 Å². The molecule has 0 bridgehead atoms. The van der Waals surface area contributed by atoms with Gasteiger partial charge in [0.15, 0.2) is 0 Å². The van der Waals surface area contributed by atoms with Gasteiger partial charge in [0.2, 0.25) is 11.8 Å². The molecule has 0 saturated carbocycles. The van der Waals surface area contributed by atoms with Gasteiger partial charge < -0.3 is 24.4 Å². The lowest BCUT2D eigenvalue weighted by Crippen LogP contribution is -2.36. The van der Waals surface area contributed by atoms with Gasteiger partial charge in [0.25, 0.3) is 0 Å². The third-order valence-electron chi connectivity index (χ3n) is 5.43. The number of likely N-dealkylation sites (tertiary alicyclic amines) is 1. The van der Waals surface area contributed by atoms with Gasteiger partial charge in [0.05, 0.1) is 20.1 Å². The van der Waals surface area contributed by atoms with E-state index in [0.29, 0.717) is 31.1 Å². The van der Waals surface area contributed by atoms with E-state index < -0.39 is 5.92 Å². The van der Waals surface area contributed by atoms with Crippen molar-refractivity contribution in [2.24, 2.45) is 5.92 Å². The van der Waals surface area contributed by atoms with Gasteiger partial charge in [0.1, 0.15) is 18.1 Å². The molecule has 1 aliphatic rings. The Morgan fingerprint density at radius 3 is 2.47 bits per heavy atom. The zero-order chi connectivity index (χ0) is 21.5. The van der Waals surface area contributed by atoms with Crippen molar-refractivity contribution < 1.29 is 23.8 Å². The highest BCUT2D eigenvalue weighted by molar-refractivity contribution is 5.84. The van der Waals surface area contributed by atoms with Crippen LogP contribution in [0.15, 0.2) is 48.5 Å². The highest BCUT2D eigenvalue weighted by Gasteiger charge is 2.41. The normalized spacial score (nSPS) is 18.2. The van der Waals surface area contributed by atoms with Crippen molar-refractivity contribution >= 4 is 11.8 Å². The van der Waals surface area contributed by atoms with Gasteiger partial charge in [-0.3, -0.25) is 9.59 Å². The number of nitrogens with zero attached hydrogens (tertiary/aromatic N) is 1. The van der Waals surface area contributed by atoms with Gasteiger partial charge in [0, 0.05) is 44.3 Å². The lowest BCUT2D eigenvalue weighted by atomic mass is 9.87. The zero-order valence-electron chi connectivity index (χ0n) is 17.6. The molecule has 0 unspecified atom stereocenters. The van der Waals surface area contributed by atoms with Gasteiger partial charge in [-0.25, -0.2) is 0 Å². The van der Waals surface area contributed by atoms with Gasteiger partial charge in [-0.1, -0.05) is 36.4 Å². The molecule has 7 nitrogen and oxygen atoms in total. The predicted molar refractivity (Wildman–Crippen MR) is 113 cm³/mol. The van der Waals surface area contributed by atoms with Crippen molar-refractivity contribution in [3.05, 3.63) is 59.7 Å². The van der Waals surface area contributed by atoms with E-state index >= 15 is 0 Å². The number of ether oxygens (including phenoxy) is 3. The smallest absolute Gasteiger partial charge is 0.248 e. The molecule has 160 valence electrons. The fraction of sp³-hybridized carbons (Fsp3) is 0.391. The SMILES string of the molecule is COCC(=O)N1C[C@H](c2ccc(OC)cc2OC)[C@H](C(=O)NCc2ccccc2)C1. The van der Waals surface area contributed by atoms with Crippen LogP contribution in [0.2, 0.25) is 0 Å². The predicted octanol–water partition coefficient (Wildman–Crippen LogP) is 2.21. The molecule has 2 amide bonds. The van der Waals surface area contributed by atoms with Crippen molar-refractivity contribution in [3.63, 3.8) is 0 Å². The van der Waals surface area contributed by atoms with Crippen LogP contribution in [0.1, 0.15) is 17.0 Å². The average Bonchev–Trinajstić information content (AvgIpc) is 3.23. The van der Waals surface area contributed by atoms with Crippen LogP contribution in [0.25, 0.3) is 0 Å². The standard InChI is InChI=1S/C23H28N2O5/c1-28-15-22(26)25-13-19(18-10-9-17(29-2)11-21(18)30-3)20(14-25)23(27)24-12-16-7-5-4-6-8-16/h4-11,19-20H,12-15H2,1-3H3,(H,24,27)/t19-,20-/m1/s1. The number of amides is 2. The summed E-state index contributed by atoms with van der Waals surface area (Å²) in [6.45, 7) is 1.19. The van der Waals surface area contributed by atoms with E-state index in [1.807, 2.05) is 42.5 Å². The molecule has 2 aromatic rings. The molecule has 0 spiro atoms. The van der Waals surface area contributed by atoms with Crippen LogP contribution in [-0.4, -0.2) is 57.7 Å². The van der Waals surface area contributed by atoms with Crippen LogP contribution >= 0.6 is 0 Å². The number of benzene rings is 2. The minimum atomic E-state index is -0.392. The second kappa shape index (κ2) is 10.1. The molecule has 7 heteroatoms. The summed E-state index contributed by atoms with van der Waals surface area (Å²) in [6.07, 6.45) is 0. The van der Waals surface area contributed by atoms with E-state index in [-0.39, 0.29) is 24.3 Å². The first kappa shape index (κ1) is 21.6. The number of carbonyl (C=O) groups excluding carboxylic acids is 2. The lowest BCUT2D eigenvalue weighted by molar-refractivity contribution is -0.134. The van der Waals surface area contributed by atoms with E-state index in [1.54, 1.807) is 25.2 Å². The van der Waals surface area contributed by atoms with Gasteiger partial charge in [-0.05, 0) is 11.6 Å². The second-order valence-corrected chi connectivity index (χ2v) is 7.26. The summed E-state index contributed by atoms with van der Waals surface area (Å²) in [5.74, 6) is 0.509. The number of hydrogen-bond donors (Lipinski definition) is 1. The number of hydrogen-bond acceptors (Lipinski definition) is 5. The Kier molecular flexibility index (Phi) is 7.30. The third kappa shape index (κ3) is 4.91. The van der Waals surface area contributed by atoms with Gasteiger partial charge >= 0.3 is 0 Å². The molecule has 1 N–H and O–H groups in total. The molecule has 0 aromatic heterocycles. The van der Waals surface area contributed by atoms with Crippen LogP contribution in [0, 0.1) is 5.92 Å². The van der Waals surface area contributed by atoms with Gasteiger partial charge in [-0.2, -0.15) is 0 Å². The first-order chi connectivity index (χ1) is 14.6. The summed E-state index contributed by atoms with van der Waals surface area (Å²) in [4.78, 5) is 27.2. The first-order valence-electron chi connectivity index (χ1n) is 9.87. The fourth-order valence-electron chi connectivity index (χ4n) is 3.84. The first-order valence-corrected chi connectivity index (χ1v) is 9.87. The Morgan fingerprint density at radius 1 is 1.03 bits per heavy atom. The minimum absolute atomic E-state index is 0.00911.